The normalized spacial score (nSPS) is 20.5. The van der Waals surface area contributed by atoms with Crippen molar-refractivity contribution in [2.75, 3.05) is 13.2 Å². The van der Waals surface area contributed by atoms with E-state index < -0.39 is 88.6 Å². The number of ether oxygens (including phenoxy) is 5. The van der Waals surface area contributed by atoms with Gasteiger partial charge in [-0.15, -0.1) is 0 Å². The number of carbonyl (C=O) groups is 2. The molecule has 2 aliphatic rings. The summed E-state index contributed by atoms with van der Waals surface area (Å²) in [5.41, 5.74) is 0.278. The highest BCUT2D eigenvalue weighted by atomic mass is 32.3. The van der Waals surface area contributed by atoms with Crippen molar-refractivity contribution in [1.82, 2.24) is 5.32 Å². The van der Waals surface area contributed by atoms with Gasteiger partial charge in [-0.2, -0.15) is 16.8 Å². The first-order chi connectivity index (χ1) is 36.5. The van der Waals surface area contributed by atoms with Gasteiger partial charge in [0.15, 0.2) is 18.2 Å². The highest BCUT2D eigenvalue weighted by Crippen LogP contribution is 2.40. The maximum atomic E-state index is 13.8. The van der Waals surface area contributed by atoms with Crippen molar-refractivity contribution in [3.8, 4) is 0 Å². The first kappa shape index (κ1) is 67.5. The molecule has 18 heteroatoms. The third-order valence-corrected chi connectivity index (χ3v) is 14.8. The average Bonchev–Trinajstić information content (AvgIpc) is 3.71. The second-order valence-corrected chi connectivity index (χ2v) is 23.4. The third kappa shape index (κ3) is 31.7. The van der Waals surface area contributed by atoms with Gasteiger partial charge in [0.25, 0.3) is 0 Å². The molecule has 0 radical (unpaired) electrons. The summed E-state index contributed by atoms with van der Waals surface area (Å²) in [6.07, 6.45) is 36.5. The Labute approximate surface area is 458 Å². The van der Waals surface area contributed by atoms with E-state index in [4.69, 9.17) is 27.9 Å². The van der Waals surface area contributed by atoms with Crippen LogP contribution in [0.25, 0.3) is 0 Å². The molecule has 0 aliphatic carbocycles. The second-order valence-electron chi connectivity index (χ2n) is 21.3. The lowest BCUT2D eigenvalue weighted by Crippen LogP contribution is -2.60. The van der Waals surface area contributed by atoms with Gasteiger partial charge in [0, 0.05) is 6.42 Å². The van der Waals surface area contributed by atoms with E-state index in [0.717, 1.165) is 44.9 Å². The summed E-state index contributed by atoms with van der Waals surface area (Å²) >= 11 is 0. The second kappa shape index (κ2) is 39.6. The quantitative estimate of drug-likeness (QED) is 0.0239. The van der Waals surface area contributed by atoms with E-state index in [1.54, 1.807) is 36.4 Å². The number of benzene rings is 1. The smallest absolute Gasteiger partial charge is 0.397 e. The average molecular weight is 1110 g/mol. The fraction of sp³-hybridized carbons (Fsp3) is 0.793. The first-order valence-corrected chi connectivity index (χ1v) is 32.0. The van der Waals surface area contributed by atoms with Crippen LogP contribution in [0, 0.1) is 0 Å². The Kier molecular flexibility index (Phi) is 35.1. The van der Waals surface area contributed by atoms with Crippen LogP contribution in [0.3, 0.4) is 0 Å². The standard InChI is InChI=1S/C58H99NO15S2/c1-5-7-9-11-13-15-17-19-20-21-22-23-24-25-26-28-30-32-34-36-41-45-52(60)59-49(46-68-57-55(74-76(65,66)67)54-53(72-58(3,4)73-54)51(71-57)47-69-75(62,63)64)50(70-56(61)48-42-38-37-39-43-48)44-40-35-33-31-29-27-18-16-14-12-10-8-6-2/h19-20,37-40,42-44,49-51,53-55,57H,5-18,21-36,41,45-47H2,1-4H3,(H,59,60)(H,62,63,64)(H,65,66,67)/b20-19-,44-40+/t49-,50+,51+,53-,54-,55+,57+/m0/s1. The number of fused-ring (bicyclic) bond motifs is 1. The lowest BCUT2D eigenvalue weighted by atomic mass is 9.99. The highest BCUT2D eigenvalue weighted by Gasteiger charge is 2.58. The highest BCUT2D eigenvalue weighted by molar-refractivity contribution is 7.81. The molecule has 1 aromatic rings. The molecule has 0 unspecified atom stereocenters. The van der Waals surface area contributed by atoms with Gasteiger partial charge in [-0.05, 0) is 77.0 Å². The van der Waals surface area contributed by atoms with Crippen molar-refractivity contribution >= 4 is 32.7 Å². The molecule has 2 saturated heterocycles. The maximum Gasteiger partial charge on any atom is 0.397 e. The molecule has 16 nitrogen and oxygen atoms in total. The number of amides is 1. The van der Waals surface area contributed by atoms with Gasteiger partial charge in [-0.25, -0.2) is 13.2 Å². The van der Waals surface area contributed by atoms with Gasteiger partial charge in [0.05, 0.1) is 24.8 Å². The number of hydrogen-bond donors (Lipinski definition) is 3. The number of nitrogens with one attached hydrogen (secondary N) is 1. The fourth-order valence-electron chi connectivity index (χ4n) is 9.79. The van der Waals surface area contributed by atoms with Crippen molar-refractivity contribution in [3.63, 3.8) is 0 Å². The Bertz CT molecular complexity index is 1970. The van der Waals surface area contributed by atoms with E-state index in [2.05, 4.69) is 35.5 Å². The third-order valence-electron chi connectivity index (χ3n) is 13.9. The Balaban J connectivity index is 1.64. The number of rotatable bonds is 46. The van der Waals surface area contributed by atoms with Crippen molar-refractivity contribution in [2.24, 2.45) is 0 Å². The molecular formula is C58H99NO15S2. The molecule has 3 rings (SSSR count). The number of carbonyl (C=O) groups excluding carboxylic acids is 2. The molecule has 2 aliphatic heterocycles. The molecule has 7 atom stereocenters. The number of esters is 1. The molecule has 438 valence electrons. The lowest BCUT2D eigenvalue weighted by Gasteiger charge is -2.41. The lowest BCUT2D eigenvalue weighted by molar-refractivity contribution is -0.277. The van der Waals surface area contributed by atoms with Crippen LogP contribution in [-0.2, 0) is 57.6 Å². The molecule has 1 amide bonds. The monoisotopic (exact) mass is 1110 g/mol. The SMILES string of the molecule is CCCCCCCC/C=C\CCCCCCCCCCCCCC(=O)N[C@@H](CO[C@@H]1O[C@H](COS(=O)(=O)O)[C@@H]2OC(C)(C)O[C@@H]2[C@H]1OS(=O)(=O)O)[C@@H](/C=C/CCCCCCCCCCCCC)OC(=O)c1ccccc1. The van der Waals surface area contributed by atoms with Gasteiger partial charge in [0.1, 0.15) is 24.4 Å². The summed E-state index contributed by atoms with van der Waals surface area (Å²) in [7, 11) is -10.2. The van der Waals surface area contributed by atoms with Gasteiger partial charge >= 0.3 is 26.8 Å². The molecule has 2 fully saturated rings. The molecule has 2 heterocycles. The zero-order valence-corrected chi connectivity index (χ0v) is 48.4. The molecule has 0 bridgehead atoms. The largest absolute Gasteiger partial charge is 0.452 e. The topological polar surface area (TPSA) is 220 Å². The summed E-state index contributed by atoms with van der Waals surface area (Å²) in [5.74, 6) is -2.36. The maximum absolute atomic E-state index is 13.8. The molecule has 3 N–H and O–H groups in total. The van der Waals surface area contributed by atoms with E-state index in [1.807, 2.05) is 6.08 Å². The van der Waals surface area contributed by atoms with E-state index in [-0.39, 0.29) is 17.9 Å². The molecule has 0 saturated carbocycles. The summed E-state index contributed by atoms with van der Waals surface area (Å²) in [6.45, 7) is 6.27. The van der Waals surface area contributed by atoms with Crippen LogP contribution in [0.5, 0.6) is 0 Å². The fourth-order valence-corrected chi connectivity index (χ4v) is 10.6. The molecule has 0 spiro atoms. The summed E-state index contributed by atoms with van der Waals surface area (Å²) < 4.78 is 107. The minimum atomic E-state index is -5.19. The molecule has 1 aromatic carbocycles. The van der Waals surface area contributed by atoms with Crippen LogP contribution in [0.2, 0.25) is 0 Å². The summed E-state index contributed by atoms with van der Waals surface area (Å²) in [5, 5.41) is 3.00. The van der Waals surface area contributed by atoms with Crippen LogP contribution >= 0.6 is 0 Å². The van der Waals surface area contributed by atoms with Gasteiger partial charge in [0.2, 0.25) is 5.91 Å². The first-order valence-electron chi connectivity index (χ1n) is 29.3. The van der Waals surface area contributed by atoms with Gasteiger partial charge in [-0.3, -0.25) is 13.9 Å². The molecular weight excluding hydrogens is 1010 g/mol. The van der Waals surface area contributed by atoms with Gasteiger partial charge in [-0.1, -0.05) is 204 Å². The van der Waals surface area contributed by atoms with Crippen LogP contribution in [-0.4, -0.2) is 99.7 Å². The predicted octanol–water partition coefficient (Wildman–Crippen LogP) is 13.6. The van der Waals surface area contributed by atoms with Crippen molar-refractivity contribution in [2.45, 2.75) is 282 Å². The van der Waals surface area contributed by atoms with E-state index >= 15 is 0 Å². The Hall–Kier alpha value is -2.78. The van der Waals surface area contributed by atoms with E-state index in [9.17, 15) is 35.5 Å². The minimum Gasteiger partial charge on any atom is -0.452 e. The molecule has 76 heavy (non-hydrogen) atoms. The number of hydrogen-bond acceptors (Lipinski definition) is 13. The Morgan fingerprint density at radius 1 is 0.632 bits per heavy atom. The van der Waals surface area contributed by atoms with Crippen LogP contribution in [0.1, 0.15) is 244 Å². The Morgan fingerprint density at radius 2 is 1.09 bits per heavy atom. The van der Waals surface area contributed by atoms with Crippen LogP contribution in [0.15, 0.2) is 54.6 Å². The van der Waals surface area contributed by atoms with Gasteiger partial charge < -0.3 is 29.0 Å². The van der Waals surface area contributed by atoms with E-state index in [1.165, 1.54) is 155 Å². The predicted molar refractivity (Wildman–Crippen MR) is 297 cm³/mol. The zero-order valence-electron chi connectivity index (χ0n) is 46.8. The number of unbranched alkanes of at least 4 members (excludes halogenated alkanes) is 28. The van der Waals surface area contributed by atoms with Crippen molar-refractivity contribution in [3.05, 3.63) is 60.2 Å². The van der Waals surface area contributed by atoms with Crippen molar-refractivity contribution < 1.29 is 67.6 Å². The van der Waals surface area contributed by atoms with Crippen LogP contribution in [0.4, 0.5) is 0 Å². The summed E-state index contributed by atoms with van der Waals surface area (Å²) in [6, 6.07) is 7.33. The Morgan fingerprint density at radius 3 is 1.58 bits per heavy atom. The van der Waals surface area contributed by atoms with Crippen molar-refractivity contribution in [1.29, 1.82) is 0 Å². The molecule has 0 aromatic heterocycles. The summed E-state index contributed by atoms with van der Waals surface area (Å²) in [4.78, 5) is 27.5. The zero-order chi connectivity index (χ0) is 55.3. The van der Waals surface area contributed by atoms with Crippen LogP contribution < -0.4 is 5.32 Å². The number of allylic oxidation sites excluding steroid dienone is 3. The minimum absolute atomic E-state index is 0.181. The van der Waals surface area contributed by atoms with E-state index in [0.29, 0.717) is 12.8 Å².